The van der Waals surface area contributed by atoms with E-state index in [0.717, 1.165) is 35.9 Å². The molecule has 0 spiro atoms. The summed E-state index contributed by atoms with van der Waals surface area (Å²) in [5, 5.41) is 13.4. The summed E-state index contributed by atoms with van der Waals surface area (Å²) in [5.74, 6) is 1.94. The first-order valence-corrected chi connectivity index (χ1v) is 11.0. The van der Waals surface area contributed by atoms with Gasteiger partial charge >= 0.3 is 0 Å². The third-order valence-corrected chi connectivity index (χ3v) is 6.55. The van der Waals surface area contributed by atoms with Gasteiger partial charge in [-0.15, -0.1) is 5.10 Å². The molecule has 6 heteroatoms. The molecule has 4 heterocycles. The molecule has 2 aromatic carbocycles. The zero-order chi connectivity index (χ0) is 20.8. The topological polar surface area (TPSA) is 58.0 Å². The lowest BCUT2D eigenvalue weighted by atomic mass is 10.1. The molecule has 1 unspecified atom stereocenters. The SMILES string of the molecule is CC(Nc1cc(-n2nc(N3C[C@@H]4C[C@H]3CN4)c3ccccc32)ccn1)c1ccccc1. The van der Waals surface area contributed by atoms with Crippen LogP contribution in [0.5, 0.6) is 0 Å². The Morgan fingerprint density at radius 3 is 2.71 bits per heavy atom. The summed E-state index contributed by atoms with van der Waals surface area (Å²) in [4.78, 5) is 7.04. The predicted molar refractivity (Wildman–Crippen MR) is 125 cm³/mol. The van der Waals surface area contributed by atoms with Crippen LogP contribution in [0.1, 0.15) is 24.9 Å². The summed E-state index contributed by atoms with van der Waals surface area (Å²) in [5.41, 5.74) is 3.38. The summed E-state index contributed by atoms with van der Waals surface area (Å²) in [6.45, 7) is 4.23. The molecule has 2 bridgehead atoms. The number of rotatable bonds is 5. The molecule has 0 radical (unpaired) electrons. The lowest BCUT2D eigenvalue weighted by Gasteiger charge is -2.27. The lowest BCUT2D eigenvalue weighted by Crippen LogP contribution is -2.43. The van der Waals surface area contributed by atoms with Gasteiger partial charge in [0.1, 0.15) is 5.82 Å². The number of pyridine rings is 1. The zero-order valence-corrected chi connectivity index (χ0v) is 17.6. The number of anilines is 2. The van der Waals surface area contributed by atoms with Gasteiger partial charge in [-0.1, -0.05) is 42.5 Å². The number of benzene rings is 2. The molecule has 0 amide bonds. The molecule has 156 valence electrons. The highest BCUT2D eigenvalue weighted by Gasteiger charge is 2.39. The van der Waals surface area contributed by atoms with Crippen molar-refractivity contribution in [2.75, 3.05) is 23.3 Å². The lowest BCUT2D eigenvalue weighted by molar-refractivity contribution is 0.575. The normalized spacial score (nSPS) is 21.0. The Labute approximate surface area is 181 Å². The van der Waals surface area contributed by atoms with Gasteiger partial charge in [-0.25, -0.2) is 9.67 Å². The largest absolute Gasteiger partial charge is 0.363 e. The van der Waals surface area contributed by atoms with Gasteiger partial charge in [0, 0.05) is 48.9 Å². The number of piperazine rings is 1. The second kappa shape index (κ2) is 7.39. The number of aromatic nitrogens is 3. The van der Waals surface area contributed by atoms with Gasteiger partial charge in [0.05, 0.1) is 11.2 Å². The fourth-order valence-electron chi connectivity index (χ4n) is 4.96. The number of hydrogen-bond acceptors (Lipinski definition) is 5. The van der Waals surface area contributed by atoms with E-state index >= 15 is 0 Å². The van der Waals surface area contributed by atoms with Gasteiger partial charge < -0.3 is 15.5 Å². The average Bonchev–Trinajstić information content (AvgIpc) is 3.54. The highest BCUT2D eigenvalue weighted by molar-refractivity contribution is 5.92. The Kier molecular flexibility index (Phi) is 4.39. The van der Waals surface area contributed by atoms with Crippen molar-refractivity contribution in [1.29, 1.82) is 0 Å². The molecular formula is C25H26N6. The van der Waals surface area contributed by atoms with Gasteiger partial charge in [-0.3, -0.25) is 0 Å². The van der Waals surface area contributed by atoms with E-state index in [1.54, 1.807) is 0 Å². The Morgan fingerprint density at radius 1 is 1.06 bits per heavy atom. The maximum absolute atomic E-state index is 5.10. The van der Waals surface area contributed by atoms with E-state index in [1.165, 1.54) is 17.4 Å². The molecule has 2 saturated heterocycles. The summed E-state index contributed by atoms with van der Waals surface area (Å²) in [7, 11) is 0. The van der Waals surface area contributed by atoms with Crippen LogP contribution >= 0.6 is 0 Å². The van der Waals surface area contributed by atoms with Crippen LogP contribution in [0.4, 0.5) is 11.6 Å². The van der Waals surface area contributed by atoms with E-state index in [4.69, 9.17) is 5.10 Å². The highest BCUT2D eigenvalue weighted by Crippen LogP contribution is 2.35. The van der Waals surface area contributed by atoms with Gasteiger partial charge in [0.2, 0.25) is 0 Å². The maximum atomic E-state index is 5.10. The van der Waals surface area contributed by atoms with E-state index in [9.17, 15) is 0 Å². The number of fused-ring (bicyclic) bond motifs is 3. The second-order valence-electron chi connectivity index (χ2n) is 8.58. The Bertz CT molecular complexity index is 1220. The van der Waals surface area contributed by atoms with Gasteiger partial charge in [-0.2, -0.15) is 0 Å². The van der Waals surface area contributed by atoms with Gasteiger partial charge in [0.25, 0.3) is 0 Å². The smallest absolute Gasteiger partial charge is 0.159 e. The third-order valence-electron chi connectivity index (χ3n) is 6.55. The molecule has 6 rings (SSSR count). The maximum Gasteiger partial charge on any atom is 0.159 e. The van der Waals surface area contributed by atoms with Crippen LogP contribution in [0.2, 0.25) is 0 Å². The van der Waals surface area contributed by atoms with Crippen LogP contribution < -0.4 is 15.5 Å². The van der Waals surface area contributed by atoms with E-state index in [0.29, 0.717) is 12.1 Å². The molecule has 2 aliphatic rings. The molecular weight excluding hydrogens is 384 g/mol. The Balaban J connectivity index is 1.36. The summed E-state index contributed by atoms with van der Waals surface area (Å²) >= 11 is 0. The molecule has 2 fully saturated rings. The van der Waals surface area contributed by atoms with Crippen LogP contribution in [0.3, 0.4) is 0 Å². The first-order valence-electron chi connectivity index (χ1n) is 11.0. The molecule has 3 atom stereocenters. The van der Waals surface area contributed by atoms with Crippen LogP contribution in [-0.4, -0.2) is 39.9 Å². The van der Waals surface area contributed by atoms with Crippen molar-refractivity contribution >= 4 is 22.5 Å². The fourth-order valence-corrected chi connectivity index (χ4v) is 4.96. The van der Waals surface area contributed by atoms with E-state index in [2.05, 4.69) is 86.7 Å². The molecule has 4 aromatic rings. The van der Waals surface area contributed by atoms with Crippen molar-refractivity contribution in [2.24, 2.45) is 0 Å². The monoisotopic (exact) mass is 410 g/mol. The summed E-state index contributed by atoms with van der Waals surface area (Å²) < 4.78 is 2.06. The van der Waals surface area contributed by atoms with E-state index in [-0.39, 0.29) is 6.04 Å². The van der Waals surface area contributed by atoms with Crippen molar-refractivity contribution in [2.45, 2.75) is 31.5 Å². The first kappa shape index (κ1) is 18.4. The van der Waals surface area contributed by atoms with E-state index in [1.807, 2.05) is 18.3 Å². The standard InChI is InChI=1S/C25H26N6/c1-17(18-7-3-2-4-8-18)28-24-14-20(11-12-26-24)31-23-10-6-5-9-22(23)25(29-31)30-16-19-13-21(30)15-27-19/h2-12,14,17,19,21,27H,13,15-16H2,1H3,(H,26,28)/t17?,19-,21-/m0/s1. The van der Waals surface area contributed by atoms with Crippen LogP contribution in [-0.2, 0) is 0 Å². The molecule has 31 heavy (non-hydrogen) atoms. The average molecular weight is 411 g/mol. The zero-order valence-electron chi connectivity index (χ0n) is 17.6. The molecule has 0 saturated carbocycles. The van der Waals surface area contributed by atoms with Crippen molar-refractivity contribution < 1.29 is 0 Å². The number of para-hydroxylation sites is 1. The quantitative estimate of drug-likeness (QED) is 0.518. The molecule has 0 aliphatic carbocycles. The molecule has 2 N–H and O–H groups in total. The van der Waals surface area contributed by atoms with E-state index < -0.39 is 0 Å². The number of nitrogens with one attached hydrogen (secondary N) is 2. The summed E-state index contributed by atoms with van der Waals surface area (Å²) in [6.07, 6.45) is 3.06. The van der Waals surface area contributed by atoms with Crippen molar-refractivity contribution in [1.82, 2.24) is 20.1 Å². The van der Waals surface area contributed by atoms with Crippen molar-refractivity contribution in [3.05, 3.63) is 78.5 Å². The van der Waals surface area contributed by atoms with Crippen LogP contribution in [0, 0.1) is 0 Å². The van der Waals surface area contributed by atoms with Gasteiger partial charge in [0.15, 0.2) is 5.82 Å². The summed E-state index contributed by atoms with van der Waals surface area (Å²) in [6, 6.07) is 24.4. The van der Waals surface area contributed by atoms with Crippen molar-refractivity contribution in [3.63, 3.8) is 0 Å². The minimum absolute atomic E-state index is 0.168. The number of hydrogen-bond donors (Lipinski definition) is 2. The second-order valence-corrected chi connectivity index (χ2v) is 8.58. The van der Waals surface area contributed by atoms with Gasteiger partial charge in [-0.05, 0) is 37.1 Å². The predicted octanol–water partition coefficient (Wildman–Crippen LogP) is 4.14. The Morgan fingerprint density at radius 2 is 1.90 bits per heavy atom. The fraction of sp³-hybridized carbons (Fsp3) is 0.280. The molecule has 6 nitrogen and oxygen atoms in total. The Hall–Kier alpha value is -3.38. The highest BCUT2D eigenvalue weighted by atomic mass is 15.4. The van der Waals surface area contributed by atoms with Crippen LogP contribution in [0.25, 0.3) is 16.6 Å². The first-order chi connectivity index (χ1) is 15.3. The molecule has 2 aromatic heterocycles. The minimum atomic E-state index is 0.168. The molecule has 2 aliphatic heterocycles. The minimum Gasteiger partial charge on any atom is -0.363 e. The van der Waals surface area contributed by atoms with Crippen LogP contribution in [0.15, 0.2) is 72.9 Å². The number of nitrogens with zero attached hydrogens (tertiary/aromatic N) is 4. The third kappa shape index (κ3) is 3.24. The van der Waals surface area contributed by atoms with Crippen molar-refractivity contribution in [3.8, 4) is 5.69 Å².